The minimum atomic E-state index is -4.08. The largest absolute Gasteiger partial charge is 0.497 e. The molecular weight excluding hydrogens is 276 g/mol. The third-order valence-corrected chi connectivity index (χ3v) is 3.92. The number of rotatable bonds is 6. The minimum Gasteiger partial charge on any atom is -0.497 e. The van der Waals surface area contributed by atoms with Gasteiger partial charge in [-0.15, -0.1) is 0 Å². The third-order valence-electron chi connectivity index (χ3n) is 2.28. The highest BCUT2D eigenvalue weighted by molar-refractivity contribution is 7.89. The normalized spacial score (nSPS) is 13.0. The second-order valence-electron chi connectivity index (χ2n) is 3.80. The van der Waals surface area contributed by atoms with Crippen LogP contribution in [-0.2, 0) is 10.0 Å². The van der Waals surface area contributed by atoms with E-state index in [1.165, 1.54) is 20.1 Å². The van der Waals surface area contributed by atoms with E-state index in [1.54, 1.807) is 0 Å². The van der Waals surface area contributed by atoms with Crippen molar-refractivity contribution in [3.8, 4) is 5.75 Å². The summed E-state index contributed by atoms with van der Waals surface area (Å²) in [4.78, 5) is 9.62. The van der Waals surface area contributed by atoms with Crippen molar-refractivity contribution in [1.82, 2.24) is 4.72 Å². The first kappa shape index (κ1) is 15.3. The zero-order valence-electron chi connectivity index (χ0n) is 10.4. The van der Waals surface area contributed by atoms with Crippen LogP contribution in [0.3, 0.4) is 0 Å². The van der Waals surface area contributed by atoms with Gasteiger partial charge in [-0.05, 0) is 19.1 Å². The maximum absolute atomic E-state index is 12.0. The number of nitrogens with zero attached hydrogens (tertiary/aromatic N) is 1. The molecule has 1 atom stereocenters. The maximum Gasteiger partial charge on any atom is 0.293 e. The van der Waals surface area contributed by atoms with E-state index in [2.05, 4.69) is 4.72 Å². The van der Waals surface area contributed by atoms with Crippen molar-refractivity contribution in [3.05, 3.63) is 28.3 Å². The molecule has 0 aliphatic rings. The van der Waals surface area contributed by atoms with E-state index in [-0.39, 0.29) is 5.75 Å². The number of hydrogen-bond donors (Lipinski definition) is 2. The van der Waals surface area contributed by atoms with Crippen LogP contribution >= 0.6 is 0 Å². The van der Waals surface area contributed by atoms with Crippen molar-refractivity contribution in [2.24, 2.45) is 0 Å². The molecule has 1 aromatic rings. The molecule has 0 amide bonds. The number of hydrogen-bond acceptors (Lipinski definition) is 6. The SMILES string of the molecule is COc1ccc(S(=O)(=O)NC(C)CO)c([N+](=O)[O-])c1. The molecule has 0 aliphatic carbocycles. The summed E-state index contributed by atoms with van der Waals surface area (Å²) < 4.78 is 30.9. The quantitative estimate of drug-likeness (QED) is 0.573. The molecule has 0 saturated heterocycles. The molecule has 2 N–H and O–H groups in total. The number of aliphatic hydroxyl groups excluding tert-OH is 1. The summed E-state index contributed by atoms with van der Waals surface area (Å²) in [5.41, 5.74) is -0.586. The Morgan fingerprint density at radius 2 is 2.16 bits per heavy atom. The molecule has 8 nitrogen and oxygen atoms in total. The Morgan fingerprint density at radius 1 is 1.53 bits per heavy atom. The van der Waals surface area contributed by atoms with E-state index in [0.717, 1.165) is 12.1 Å². The van der Waals surface area contributed by atoms with Gasteiger partial charge in [0.05, 0.1) is 24.7 Å². The zero-order valence-corrected chi connectivity index (χ0v) is 11.2. The van der Waals surface area contributed by atoms with Crippen LogP contribution in [0, 0.1) is 10.1 Å². The highest BCUT2D eigenvalue weighted by Crippen LogP contribution is 2.28. The fraction of sp³-hybridized carbons (Fsp3) is 0.400. The molecular formula is C10H14N2O6S. The van der Waals surface area contributed by atoms with Gasteiger partial charge in [-0.2, -0.15) is 0 Å². The molecule has 19 heavy (non-hydrogen) atoms. The van der Waals surface area contributed by atoms with E-state index < -0.39 is 38.2 Å². The number of benzene rings is 1. The Bertz CT molecular complexity index is 571. The monoisotopic (exact) mass is 290 g/mol. The predicted molar refractivity (Wildman–Crippen MR) is 66.5 cm³/mol. The van der Waals surface area contributed by atoms with Crippen LogP contribution in [0.15, 0.2) is 23.1 Å². The summed E-state index contributed by atoms with van der Waals surface area (Å²) in [5.74, 6) is 0.181. The van der Waals surface area contributed by atoms with Gasteiger partial charge in [0.25, 0.3) is 5.69 Å². The first-order valence-corrected chi connectivity index (χ1v) is 6.75. The number of nitro benzene ring substituents is 1. The Balaban J connectivity index is 3.30. The molecule has 0 heterocycles. The van der Waals surface area contributed by atoms with Crippen LogP contribution in [0.2, 0.25) is 0 Å². The summed E-state index contributed by atoms with van der Waals surface area (Å²) >= 11 is 0. The summed E-state index contributed by atoms with van der Waals surface area (Å²) in [6.45, 7) is 1.02. The number of methoxy groups -OCH3 is 1. The van der Waals surface area contributed by atoms with Crippen molar-refractivity contribution in [3.63, 3.8) is 0 Å². The molecule has 0 saturated carbocycles. The van der Waals surface area contributed by atoms with Crippen LogP contribution in [0.25, 0.3) is 0 Å². The molecule has 1 unspecified atom stereocenters. The van der Waals surface area contributed by atoms with Crippen molar-refractivity contribution < 1.29 is 23.2 Å². The summed E-state index contributed by atoms with van der Waals surface area (Å²) in [7, 11) is -2.76. The fourth-order valence-corrected chi connectivity index (χ4v) is 2.75. The lowest BCUT2D eigenvalue weighted by atomic mass is 10.3. The van der Waals surface area contributed by atoms with E-state index in [0.29, 0.717) is 0 Å². The zero-order chi connectivity index (χ0) is 14.6. The van der Waals surface area contributed by atoms with Crippen molar-refractivity contribution in [2.45, 2.75) is 17.9 Å². The van der Waals surface area contributed by atoms with Crippen LogP contribution < -0.4 is 9.46 Å². The Kier molecular flexibility index (Phi) is 4.81. The Morgan fingerprint density at radius 3 is 2.63 bits per heavy atom. The Hall–Kier alpha value is -1.71. The molecule has 0 bridgehead atoms. The third kappa shape index (κ3) is 3.63. The first-order valence-electron chi connectivity index (χ1n) is 5.27. The van der Waals surface area contributed by atoms with Gasteiger partial charge in [0.1, 0.15) is 5.75 Å². The predicted octanol–water partition coefficient (Wildman–Crippen LogP) is 0.263. The molecule has 106 valence electrons. The highest BCUT2D eigenvalue weighted by Gasteiger charge is 2.27. The van der Waals surface area contributed by atoms with Crippen molar-refractivity contribution in [1.29, 1.82) is 0 Å². The lowest BCUT2D eigenvalue weighted by molar-refractivity contribution is -0.387. The summed E-state index contributed by atoms with van der Waals surface area (Å²) in [6.07, 6.45) is 0. The fourth-order valence-electron chi connectivity index (χ4n) is 1.36. The number of sulfonamides is 1. The molecule has 1 rings (SSSR count). The molecule has 1 aromatic carbocycles. The van der Waals surface area contributed by atoms with E-state index in [1.807, 2.05) is 0 Å². The lowest BCUT2D eigenvalue weighted by Gasteiger charge is -2.12. The standard InChI is InChI=1S/C10H14N2O6S/c1-7(6-13)11-19(16,17)10-4-3-8(18-2)5-9(10)12(14)15/h3-5,7,11,13H,6H2,1-2H3. The van der Waals surface area contributed by atoms with Crippen molar-refractivity contribution >= 4 is 15.7 Å². The highest BCUT2D eigenvalue weighted by atomic mass is 32.2. The number of ether oxygens (including phenoxy) is 1. The maximum atomic E-state index is 12.0. The van der Waals surface area contributed by atoms with E-state index >= 15 is 0 Å². The van der Waals surface area contributed by atoms with Gasteiger partial charge in [-0.3, -0.25) is 10.1 Å². The molecule has 0 spiro atoms. The number of nitro groups is 1. The molecule has 0 aliphatic heterocycles. The van der Waals surface area contributed by atoms with E-state index in [4.69, 9.17) is 9.84 Å². The molecule has 0 fully saturated rings. The molecule has 0 aromatic heterocycles. The van der Waals surface area contributed by atoms with Gasteiger partial charge in [-0.25, -0.2) is 13.1 Å². The second-order valence-corrected chi connectivity index (χ2v) is 5.48. The van der Waals surface area contributed by atoms with Gasteiger partial charge in [0, 0.05) is 6.04 Å². The van der Waals surface area contributed by atoms with Crippen LogP contribution in [0.4, 0.5) is 5.69 Å². The molecule has 9 heteroatoms. The van der Waals surface area contributed by atoms with Gasteiger partial charge in [0.15, 0.2) is 4.90 Å². The average Bonchev–Trinajstić information content (AvgIpc) is 2.37. The number of aliphatic hydroxyl groups is 1. The lowest BCUT2D eigenvalue weighted by Crippen LogP contribution is -2.35. The smallest absolute Gasteiger partial charge is 0.293 e. The summed E-state index contributed by atoms with van der Waals surface area (Å²) in [5, 5.41) is 19.7. The van der Waals surface area contributed by atoms with Gasteiger partial charge >= 0.3 is 0 Å². The van der Waals surface area contributed by atoms with E-state index in [9.17, 15) is 18.5 Å². The van der Waals surface area contributed by atoms with Crippen molar-refractivity contribution in [2.75, 3.05) is 13.7 Å². The van der Waals surface area contributed by atoms with Gasteiger partial charge in [0.2, 0.25) is 10.0 Å². The van der Waals surface area contributed by atoms with Crippen LogP contribution in [0.1, 0.15) is 6.92 Å². The number of nitrogens with one attached hydrogen (secondary N) is 1. The minimum absolute atomic E-state index is 0.181. The van der Waals surface area contributed by atoms with Crippen LogP contribution in [0.5, 0.6) is 5.75 Å². The molecule has 0 radical (unpaired) electrons. The van der Waals surface area contributed by atoms with Gasteiger partial charge in [-0.1, -0.05) is 0 Å². The second kappa shape index (κ2) is 5.95. The topological polar surface area (TPSA) is 119 Å². The first-order chi connectivity index (χ1) is 8.81. The average molecular weight is 290 g/mol. The summed E-state index contributed by atoms with van der Waals surface area (Å²) in [6, 6.07) is 2.68. The Labute approximate surface area is 110 Å². The van der Waals surface area contributed by atoms with Crippen LogP contribution in [-0.4, -0.2) is 38.2 Å². The van der Waals surface area contributed by atoms with Gasteiger partial charge < -0.3 is 9.84 Å².